The third kappa shape index (κ3) is 7.32. The summed E-state index contributed by atoms with van der Waals surface area (Å²) in [5, 5.41) is 8.63. The van der Waals surface area contributed by atoms with Crippen LogP contribution < -0.4 is 16.0 Å². The highest BCUT2D eigenvalue weighted by Gasteiger charge is 2.09. The Hall–Kier alpha value is -2.38. The molecule has 0 spiro atoms. The van der Waals surface area contributed by atoms with Crippen LogP contribution in [0, 0.1) is 6.92 Å². The van der Waals surface area contributed by atoms with Crippen LogP contribution in [0.1, 0.15) is 28.8 Å². The van der Waals surface area contributed by atoms with Gasteiger partial charge in [0.05, 0.1) is 6.54 Å². The summed E-state index contributed by atoms with van der Waals surface area (Å²) in [4.78, 5) is 35.7. The number of nitrogens with one attached hydrogen (secondary N) is 3. The van der Waals surface area contributed by atoms with Crippen LogP contribution in [0.4, 0.5) is 5.69 Å². The first kappa shape index (κ1) is 21.9. The maximum Gasteiger partial charge on any atom is 0.251 e. The quantitative estimate of drug-likeness (QED) is 0.519. The highest BCUT2D eigenvalue weighted by molar-refractivity contribution is 9.10. The van der Waals surface area contributed by atoms with Crippen molar-refractivity contribution in [2.24, 2.45) is 0 Å². The molecule has 8 heteroatoms. The second kappa shape index (κ2) is 10.8. The molecule has 148 valence electrons. The standard InChI is InChI=1S/C20H21BrClN3O3/c1-13-11-15(21)6-9-17(13)25-19(27)12-24-18(26)3-2-10-23-20(28)14-4-7-16(22)8-5-14/h4-9,11H,2-3,10,12H2,1H3,(H,23,28)(H,24,26)(H,25,27). The molecule has 0 fully saturated rings. The minimum atomic E-state index is -0.296. The van der Waals surface area contributed by atoms with Crippen molar-refractivity contribution in [2.45, 2.75) is 19.8 Å². The first-order valence-electron chi connectivity index (χ1n) is 8.71. The maximum absolute atomic E-state index is 12.0. The minimum Gasteiger partial charge on any atom is -0.352 e. The fourth-order valence-corrected chi connectivity index (χ4v) is 2.98. The summed E-state index contributed by atoms with van der Waals surface area (Å²) in [6, 6.07) is 12.1. The van der Waals surface area contributed by atoms with Crippen molar-refractivity contribution in [3.63, 3.8) is 0 Å². The van der Waals surface area contributed by atoms with Crippen molar-refractivity contribution in [1.82, 2.24) is 10.6 Å². The van der Waals surface area contributed by atoms with E-state index < -0.39 is 0 Å². The molecule has 2 aromatic carbocycles. The lowest BCUT2D eigenvalue weighted by molar-refractivity contribution is -0.124. The Bertz CT molecular complexity index is 856. The molecule has 0 aliphatic heterocycles. The Morgan fingerprint density at radius 1 is 1.00 bits per heavy atom. The second-order valence-electron chi connectivity index (χ2n) is 6.15. The van der Waals surface area contributed by atoms with Crippen molar-refractivity contribution in [3.8, 4) is 0 Å². The molecule has 2 rings (SSSR count). The number of rotatable bonds is 8. The monoisotopic (exact) mass is 465 g/mol. The largest absolute Gasteiger partial charge is 0.352 e. The van der Waals surface area contributed by atoms with E-state index in [1.807, 2.05) is 19.1 Å². The van der Waals surface area contributed by atoms with E-state index in [4.69, 9.17) is 11.6 Å². The molecule has 0 aliphatic rings. The molecule has 0 saturated heterocycles. The molecule has 0 aromatic heterocycles. The van der Waals surface area contributed by atoms with Crippen molar-refractivity contribution >= 4 is 50.9 Å². The minimum absolute atomic E-state index is 0.106. The SMILES string of the molecule is Cc1cc(Br)ccc1NC(=O)CNC(=O)CCCNC(=O)c1ccc(Cl)cc1. The zero-order valence-corrected chi connectivity index (χ0v) is 17.7. The van der Waals surface area contributed by atoms with Gasteiger partial charge in [0.15, 0.2) is 0 Å². The van der Waals surface area contributed by atoms with Gasteiger partial charge in [-0.25, -0.2) is 0 Å². The number of amides is 3. The molecule has 0 bridgehead atoms. The van der Waals surface area contributed by atoms with Crippen LogP contribution in [-0.4, -0.2) is 30.8 Å². The summed E-state index contributed by atoms with van der Waals surface area (Å²) in [5.41, 5.74) is 2.13. The van der Waals surface area contributed by atoms with Crippen LogP contribution in [0.2, 0.25) is 5.02 Å². The van der Waals surface area contributed by atoms with E-state index in [0.29, 0.717) is 29.2 Å². The van der Waals surface area contributed by atoms with Crippen LogP contribution in [0.15, 0.2) is 46.9 Å². The third-order valence-electron chi connectivity index (χ3n) is 3.88. The number of hydrogen-bond donors (Lipinski definition) is 3. The number of aryl methyl sites for hydroxylation is 1. The zero-order chi connectivity index (χ0) is 20.5. The highest BCUT2D eigenvalue weighted by atomic mass is 79.9. The van der Waals surface area contributed by atoms with Crippen LogP contribution in [0.5, 0.6) is 0 Å². The molecule has 0 aliphatic carbocycles. The zero-order valence-electron chi connectivity index (χ0n) is 15.4. The van der Waals surface area contributed by atoms with Gasteiger partial charge in [-0.05, 0) is 61.4 Å². The summed E-state index contributed by atoms with van der Waals surface area (Å²) < 4.78 is 0.930. The lowest BCUT2D eigenvalue weighted by Gasteiger charge is -2.10. The average molecular weight is 467 g/mol. The van der Waals surface area contributed by atoms with E-state index in [1.54, 1.807) is 30.3 Å². The summed E-state index contributed by atoms with van der Waals surface area (Å²) in [7, 11) is 0. The van der Waals surface area contributed by atoms with E-state index in [0.717, 1.165) is 10.0 Å². The second-order valence-corrected chi connectivity index (χ2v) is 7.50. The molecule has 0 radical (unpaired) electrons. The van der Waals surface area contributed by atoms with Gasteiger partial charge in [-0.3, -0.25) is 14.4 Å². The molecule has 0 saturated carbocycles. The van der Waals surface area contributed by atoms with Gasteiger partial charge in [-0.2, -0.15) is 0 Å². The van der Waals surface area contributed by atoms with E-state index in [1.165, 1.54) is 0 Å². The Morgan fingerprint density at radius 3 is 2.39 bits per heavy atom. The van der Waals surface area contributed by atoms with Crippen molar-refractivity contribution in [2.75, 3.05) is 18.4 Å². The van der Waals surface area contributed by atoms with Crippen LogP contribution in [0.25, 0.3) is 0 Å². The maximum atomic E-state index is 12.0. The molecule has 0 heterocycles. The summed E-state index contributed by atoms with van der Waals surface area (Å²) in [6.07, 6.45) is 0.685. The fraction of sp³-hybridized carbons (Fsp3) is 0.250. The van der Waals surface area contributed by atoms with Gasteiger partial charge in [0.2, 0.25) is 11.8 Å². The predicted molar refractivity (Wildman–Crippen MR) is 114 cm³/mol. The molecule has 0 atom stereocenters. The third-order valence-corrected chi connectivity index (χ3v) is 4.63. The Labute approximate surface area is 177 Å². The Balaban J connectivity index is 1.63. The van der Waals surface area contributed by atoms with Crippen molar-refractivity contribution in [3.05, 3.63) is 63.1 Å². The van der Waals surface area contributed by atoms with E-state index >= 15 is 0 Å². The summed E-state index contributed by atoms with van der Waals surface area (Å²) >= 11 is 9.15. The fourth-order valence-electron chi connectivity index (χ4n) is 2.38. The lowest BCUT2D eigenvalue weighted by atomic mass is 10.2. The number of halogens is 2. The number of carbonyl (C=O) groups is 3. The highest BCUT2D eigenvalue weighted by Crippen LogP contribution is 2.19. The average Bonchev–Trinajstić information content (AvgIpc) is 2.66. The topological polar surface area (TPSA) is 87.3 Å². The molecule has 0 unspecified atom stereocenters. The summed E-state index contributed by atoms with van der Waals surface area (Å²) in [6.45, 7) is 2.14. The smallest absolute Gasteiger partial charge is 0.251 e. The van der Waals surface area contributed by atoms with Gasteiger partial charge in [-0.1, -0.05) is 27.5 Å². The number of anilines is 1. The molecular formula is C20H21BrClN3O3. The Kier molecular flexibility index (Phi) is 8.47. The van der Waals surface area contributed by atoms with Gasteiger partial charge in [0.1, 0.15) is 0 Å². The molecule has 2 aromatic rings. The molecule has 3 N–H and O–H groups in total. The van der Waals surface area contributed by atoms with Gasteiger partial charge < -0.3 is 16.0 Å². The van der Waals surface area contributed by atoms with Crippen LogP contribution in [0.3, 0.4) is 0 Å². The molecule has 3 amide bonds. The van der Waals surface area contributed by atoms with E-state index in [-0.39, 0.29) is 30.7 Å². The number of carbonyl (C=O) groups excluding carboxylic acids is 3. The van der Waals surface area contributed by atoms with Crippen molar-refractivity contribution in [1.29, 1.82) is 0 Å². The normalized spacial score (nSPS) is 10.2. The molecule has 6 nitrogen and oxygen atoms in total. The summed E-state index contributed by atoms with van der Waals surface area (Å²) in [5.74, 6) is -0.764. The predicted octanol–water partition coefficient (Wildman–Crippen LogP) is 3.68. The van der Waals surface area contributed by atoms with Gasteiger partial charge >= 0.3 is 0 Å². The van der Waals surface area contributed by atoms with Gasteiger partial charge in [0.25, 0.3) is 5.91 Å². The first-order valence-corrected chi connectivity index (χ1v) is 9.88. The first-order chi connectivity index (χ1) is 13.3. The molecule has 28 heavy (non-hydrogen) atoms. The number of hydrogen-bond acceptors (Lipinski definition) is 3. The van der Waals surface area contributed by atoms with Crippen molar-refractivity contribution < 1.29 is 14.4 Å². The van der Waals surface area contributed by atoms with E-state index in [9.17, 15) is 14.4 Å². The molecular weight excluding hydrogens is 446 g/mol. The number of benzene rings is 2. The van der Waals surface area contributed by atoms with Gasteiger partial charge in [-0.15, -0.1) is 0 Å². The van der Waals surface area contributed by atoms with Crippen LogP contribution in [-0.2, 0) is 9.59 Å². The van der Waals surface area contributed by atoms with Gasteiger partial charge in [0, 0.05) is 33.7 Å². The van der Waals surface area contributed by atoms with E-state index in [2.05, 4.69) is 31.9 Å². The van der Waals surface area contributed by atoms with Crippen LogP contribution >= 0.6 is 27.5 Å². The lowest BCUT2D eigenvalue weighted by Crippen LogP contribution is -2.33. The Morgan fingerprint density at radius 2 is 1.71 bits per heavy atom.